The summed E-state index contributed by atoms with van der Waals surface area (Å²) in [7, 11) is 0. The third kappa shape index (κ3) is 2.53. The molecule has 2 rings (SSSR count). The van der Waals surface area contributed by atoms with Crippen LogP contribution in [0.1, 0.15) is 30.1 Å². The molecule has 0 heterocycles. The first-order valence-corrected chi connectivity index (χ1v) is 5.75. The maximum absolute atomic E-state index is 11.7. The van der Waals surface area contributed by atoms with Crippen LogP contribution in [0.2, 0.25) is 0 Å². The minimum absolute atomic E-state index is 0.0317. The highest BCUT2D eigenvalue weighted by Gasteiger charge is 2.36. The number of nitrogens with one attached hydrogen (secondary N) is 1. The van der Waals surface area contributed by atoms with Crippen LogP contribution in [0.5, 0.6) is 0 Å². The average molecular weight is 221 g/mol. The summed E-state index contributed by atoms with van der Waals surface area (Å²) in [5.74, 6) is 0.724. The Labute approximate surface area is 95.5 Å². The minimum atomic E-state index is 0.0317. The molecule has 0 aromatic heterocycles. The van der Waals surface area contributed by atoms with Crippen molar-refractivity contribution in [1.29, 1.82) is 0 Å². The molecule has 2 atom stereocenters. The Kier molecular flexibility index (Phi) is 3.00. The maximum Gasteiger partial charge on any atom is 0.251 e. The van der Waals surface area contributed by atoms with Crippen molar-refractivity contribution >= 4 is 18.5 Å². The van der Waals surface area contributed by atoms with Crippen LogP contribution in [0, 0.1) is 5.92 Å². The van der Waals surface area contributed by atoms with Gasteiger partial charge in [-0.15, -0.1) is 12.6 Å². The molecule has 15 heavy (non-hydrogen) atoms. The van der Waals surface area contributed by atoms with E-state index in [9.17, 15) is 4.79 Å². The molecule has 0 bridgehead atoms. The molecule has 1 aliphatic carbocycles. The molecular formula is C12H15NOS. The summed E-state index contributed by atoms with van der Waals surface area (Å²) in [6, 6.07) is 7.69. The monoisotopic (exact) mass is 221 g/mol. The lowest BCUT2D eigenvalue weighted by Gasteiger charge is -2.04. The Hall–Kier alpha value is -0.960. The summed E-state index contributed by atoms with van der Waals surface area (Å²) in [6.45, 7) is 2.16. The predicted octanol–water partition coefficient (Wildman–Crippen LogP) is 2.50. The quantitative estimate of drug-likeness (QED) is 0.754. The largest absolute Gasteiger partial charge is 0.349 e. The fraction of sp³-hybridized carbons (Fsp3) is 0.417. The summed E-state index contributed by atoms with van der Waals surface area (Å²) in [5, 5.41) is 3.03. The van der Waals surface area contributed by atoms with Crippen molar-refractivity contribution < 1.29 is 4.79 Å². The second-order valence-electron chi connectivity index (χ2n) is 4.03. The van der Waals surface area contributed by atoms with Crippen molar-refractivity contribution in [3.8, 4) is 0 Å². The number of carbonyl (C=O) groups excluding carboxylic acids is 1. The maximum atomic E-state index is 11.7. The third-order valence-corrected chi connectivity index (χ3v) is 3.19. The number of benzene rings is 1. The number of rotatable bonds is 3. The van der Waals surface area contributed by atoms with Gasteiger partial charge >= 0.3 is 0 Å². The van der Waals surface area contributed by atoms with E-state index in [1.807, 2.05) is 12.1 Å². The van der Waals surface area contributed by atoms with E-state index in [1.54, 1.807) is 12.1 Å². The van der Waals surface area contributed by atoms with Crippen molar-refractivity contribution in [2.75, 3.05) is 0 Å². The van der Waals surface area contributed by atoms with Gasteiger partial charge in [0.25, 0.3) is 5.91 Å². The molecule has 1 aromatic carbocycles. The first-order valence-electron chi connectivity index (χ1n) is 5.30. The van der Waals surface area contributed by atoms with Gasteiger partial charge in [0.2, 0.25) is 0 Å². The molecule has 1 aromatic rings. The standard InChI is InChI=1S/C12H15NOS/c1-2-8-7-11(8)13-12(14)9-3-5-10(15)6-4-9/h3-6,8,11,15H,2,7H2,1H3,(H,13,14). The molecule has 3 heteroatoms. The van der Waals surface area contributed by atoms with Gasteiger partial charge in [0.1, 0.15) is 0 Å². The van der Waals surface area contributed by atoms with Gasteiger partial charge in [-0.25, -0.2) is 0 Å². The van der Waals surface area contributed by atoms with Crippen LogP contribution in [0.25, 0.3) is 0 Å². The molecule has 1 saturated carbocycles. The smallest absolute Gasteiger partial charge is 0.251 e. The van der Waals surface area contributed by atoms with Crippen LogP contribution >= 0.6 is 12.6 Å². The number of thiol groups is 1. The second-order valence-corrected chi connectivity index (χ2v) is 4.55. The van der Waals surface area contributed by atoms with Crippen molar-refractivity contribution in [2.45, 2.75) is 30.7 Å². The van der Waals surface area contributed by atoms with E-state index >= 15 is 0 Å². The molecule has 0 radical (unpaired) electrons. The summed E-state index contributed by atoms with van der Waals surface area (Å²) in [6.07, 6.45) is 2.29. The second kappa shape index (κ2) is 4.27. The molecule has 0 saturated heterocycles. The lowest BCUT2D eigenvalue weighted by atomic mass is 10.2. The zero-order chi connectivity index (χ0) is 10.8. The van der Waals surface area contributed by atoms with E-state index in [1.165, 1.54) is 0 Å². The Morgan fingerprint density at radius 1 is 1.47 bits per heavy atom. The molecule has 80 valence electrons. The highest BCUT2D eigenvalue weighted by molar-refractivity contribution is 7.80. The van der Waals surface area contributed by atoms with E-state index in [0.717, 1.165) is 23.3 Å². The number of hydrogen-bond acceptors (Lipinski definition) is 2. The van der Waals surface area contributed by atoms with E-state index in [2.05, 4.69) is 24.9 Å². The highest BCUT2D eigenvalue weighted by Crippen LogP contribution is 2.33. The third-order valence-electron chi connectivity index (χ3n) is 2.89. The van der Waals surface area contributed by atoms with E-state index in [4.69, 9.17) is 0 Å². The first-order chi connectivity index (χ1) is 7.20. The molecule has 1 amide bonds. The average Bonchev–Trinajstić information content (AvgIpc) is 2.97. The van der Waals surface area contributed by atoms with Crippen LogP contribution in [-0.4, -0.2) is 11.9 Å². The topological polar surface area (TPSA) is 29.1 Å². The van der Waals surface area contributed by atoms with Gasteiger partial charge < -0.3 is 5.32 Å². The summed E-state index contributed by atoms with van der Waals surface area (Å²) >= 11 is 4.18. The van der Waals surface area contributed by atoms with E-state index in [0.29, 0.717) is 12.0 Å². The van der Waals surface area contributed by atoms with Gasteiger partial charge in [-0.1, -0.05) is 13.3 Å². The lowest BCUT2D eigenvalue weighted by molar-refractivity contribution is 0.0949. The Bertz CT molecular complexity index is 360. The molecular weight excluding hydrogens is 206 g/mol. The molecule has 1 fully saturated rings. The van der Waals surface area contributed by atoms with Gasteiger partial charge in [-0.05, 0) is 36.6 Å². The van der Waals surface area contributed by atoms with Crippen LogP contribution in [-0.2, 0) is 0 Å². The van der Waals surface area contributed by atoms with Crippen molar-refractivity contribution in [3.05, 3.63) is 29.8 Å². The Balaban J connectivity index is 1.94. The zero-order valence-corrected chi connectivity index (χ0v) is 9.63. The van der Waals surface area contributed by atoms with Gasteiger partial charge in [0, 0.05) is 16.5 Å². The molecule has 0 aliphatic heterocycles. The van der Waals surface area contributed by atoms with Crippen LogP contribution in [0.3, 0.4) is 0 Å². The van der Waals surface area contributed by atoms with Gasteiger partial charge in [-0.3, -0.25) is 4.79 Å². The minimum Gasteiger partial charge on any atom is -0.349 e. The summed E-state index contributed by atoms with van der Waals surface area (Å²) in [4.78, 5) is 12.6. The molecule has 1 N–H and O–H groups in total. The predicted molar refractivity (Wildman–Crippen MR) is 63.3 cm³/mol. The first kappa shape index (κ1) is 10.6. The lowest BCUT2D eigenvalue weighted by Crippen LogP contribution is -2.26. The molecule has 0 spiro atoms. The SMILES string of the molecule is CCC1CC1NC(=O)c1ccc(S)cc1. The Morgan fingerprint density at radius 2 is 2.13 bits per heavy atom. The van der Waals surface area contributed by atoms with E-state index < -0.39 is 0 Å². The molecule has 1 aliphatic rings. The van der Waals surface area contributed by atoms with Gasteiger partial charge in [-0.2, -0.15) is 0 Å². The summed E-state index contributed by atoms with van der Waals surface area (Å²) in [5.41, 5.74) is 0.717. The van der Waals surface area contributed by atoms with Crippen molar-refractivity contribution in [2.24, 2.45) is 5.92 Å². The van der Waals surface area contributed by atoms with Crippen LogP contribution in [0.15, 0.2) is 29.2 Å². The molecule has 2 unspecified atom stereocenters. The van der Waals surface area contributed by atoms with Crippen LogP contribution < -0.4 is 5.32 Å². The van der Waals surface area contributed by atoms with Crippen molar-refractivity contribution in [1.82, 2.24) is 5.32 Å². The van der Waals surface area contributed by atoms with Gasteiger partial charge in [0.15, 0.2) is 0 Å². The number of carbonyl (C=O) groups is 1. The number of amides is 1. The highest BCUT2D eigenvalue weighted by atomic mass is 32.1. The van der Waals surface area contributed by atoms with Crippen LogP contribution in [0.4, 0.5) is 0 Å². The fourth-order valence-corrected chi connectivity index (χ4v) is 1.89. The summed E-state index contributed by atoms with van der Waals surface area (Å²) < 4.78 is 0. The zero-order valence-electron chi connectivity index (χ0n) is 8.73. The Morgan fingerprint density at radius 3 is 2.67 bits per heavy atom. The van der Waals surface area contributed by atoms with E-state index in [-0.39, 0.29) is 5.91 Å². The fourth-order valence-electron chi connectivity index (χ4n) is 1.74. The molecule has 2 nitrogen and oxygen atoms in total. The van der Waals surface area contributed by atoms with Gasteiger partial charge in [0.05, 0.1) is 0 Å². The van der Waals surface area contributed by atoms with Crippen molar-refractivity contribution in [3.63, 3.8) is 0 Å². The normalized spacial score (nSPS) is 23.6. The number of hydrogen-bond donors (Lipinski definition) is 2.